The van der Waals surface area contributed by atoms with E-state index >= 15 is 0 Å². The minimum absolute atomic E-state index is 0.101. The van der Waals surface area contributed by atoms with Crippen molar-refractivity contribution in [3.8, 4) is 0 Å². The first kappa shape index (κ1) is 23.5. The van der Waals surface area contributed by atoms with E-state index in [0.717, 1.165) is 12.0 Å². The number of hydrogen-bond acceptors (Lipinski definition) is 6. The van der Waals surface area contributed by atoms with Crippen molar-refractivity contribution in [1.29, 1.82) is 0 Å². The average Bonchev–Trinajstić information content (AvgIpc) is 2.73. The van der Waals surface area contributed by atoms with Crippen LogP contribution in [0.4, 0.5) is 0 Å². The Morgan fingerprint density at radius 1 is 1.03 bits per heavy atom. The molecule has 0 saturated carbocycles. The van der Waals surface area contributed by atoms with Crippen LogP contribution >= 0.6 is 11.6 Å². The zero-order valence-electron chi connectivity index (χ0n) is 18.3. The molecule has 2 aromatic rings. The molecule has 7 nitrogen and oxygen atoms in total. The number of rotatable bonds is 5. The summed E-state index contributed by atoms with van der Waals surface area (Å²) in [6.45, 7) is 4.95. The van der Waals surface area contributed by atoms with E-state index in [1.165, 1.54) is 12.1 Å². The highest BCUT2D eigenvalue weighted by Crippen LogP contribution is 2.40. The van der Waals surface area contributed by atoms with Gasteiger partial charge in [-0.15, -0.1) is 0 Å². The number of carbonyl (C=O) groups excluding carboxylic acids is 4. The van der Waals surface area contributed by atoms with Crippen LogP contribution in [0.25, 0.3) is 0 Å². The van der Waals surface area contributed by atoms with Crippen LogP contribution in [0.1, 0.15) is 48.7 Å². The number of carbonyl (C=O) groups is 4. The number of halogens is 1. The Morgan fingerprint density at radius 2 is 1.66 bits per heavy atom. The number of amides is 2. The summed E-state index contributed by atoms with van der Waals surface area (Å²) in [7, 11) is 1.13. The van der Waals surface area contributed by atoms with E-state index in [1.54, 1.807) is 57.2 Å². The van der Waals surface area contributed by atoms with Gasteiger partial charge in [-0.1, -0.05) is 41.9 Å². The summed E-state index contributed by atoms with van der Waals surface area (Å²) in [5, 5.41) is 0.504. The monoisotopic (exact) mass is 457 g/mol. The van der Waals surface area contributed by atoms with Crippen LogP contribution in [0.15, 0.2) is 48.5 Å². The van der Waals surface area contributed by atoms with Gasteiger partial charge in [-0.3, -0.25) is 24.1 Å². The number of hydrogen-bond donors (Lipinski definition) is 0. The van der Waals surface area contributed by atoms with Gasteiger partial charge in [0.25, 0.3) is 11.8 Å². The normalized spacial score (nSPS) is 18.2. The highest BCUT2D eigenvalue weighted by atomic mass is 35.5. The first-order chi connectivity index (χ1) is 15.0. The van der Waals surface area contributed by atoms with Gasteiger partial charge in [-0.2, -0.15) is 0 Å². The Labute approximate surface area is 191 Å². The highest BCUT2D eigenvalue weighted by Gasteiger charge is 2.58. The SMILES string of the molecule is COC(=O)C1(CC(=O)OC(C)(C)C)C(=O)N(Cc2ccc(Cl)cc2)C(=O)c2ccccc21. The third kappa shape index (κ3) is 4.39. The van der Waals surface area contributed by atoms with Crippen molar-refractivity contribution in [3.05, 3.63) is 70.2 Å². The van der Waals surface area contributed by atoms with Gasteiger partial charge in [0.15, 0.2) is 5.41 Å². The molecule has 3 rings (SSSR count). The summed E-state index contributed by atoms with van der Waals surface area (Å²) in [5.41, 5.74) is -1.97. The van der Waals surface area contributed by atoms with Crippen LogP contribution in [-0.4, -0.2) is 41.4 Å². The molecular weight excluding hydrogens is 434 g/mol. The van der Waals surface area contributed by atoms with Gasteiger partial charge in [0.2, 0.25) is 0 Å². The highest BCUT2D eigenvalue weighted by molar-refractivity contribution is 6.30. The van der Waals surface area contributed by atoms with Crippen LogP contribution in [0, 0.1) is 0 Å². The molecule has 2 aromatic carbocycles. The molecule has 0 N–H and O–H groups in total. The van der Waals surface area contributed by atoms with E-state index in [0.29, 0.717) is 10.6 Å². The number of benzene rings is 2. The zero-order chi connectivity index (χ0) is 23.7. The van der Waals surface area contributed by atoms with Gasteiger partial charge in [0.05, 0.1) is 20.1 Å². The maximum Gasteiger partial charge on any atom is 0.326 e. The van der Waals surface area contributed by atoms with Crippen molar-refractivity contribution in [2.24, 2.45) is 0 Å². The smallest absolute Gasteiger partial charge is 0.326 e. The second kappa shape index (κ2) is 8.74. The van der Waals surface area contributed by atoms with E-state index in [4.69, 9.17) is 21.1 Å². The first-order valence-corrected chi connectivity index (χ1v) is 10.4. The maximum atomic E-state index is 13.8. The Morgan fingerprint density at radius 3 is 2.25 bits per heavy atom. The Kier molecular flexibility index (Phi) is 6.41. The average molecular weight is 458 g/mol. The molecular formula is C24H24ClNO6. The number of fused-ring (bicyclic) bond motifs is 1. The lowest BCUT2D eigenvalue weighted by molar-refractivity contribution is -0.167. The lowest BCUT2D eigenvalue weighted by Crippen LogP contribution is -2.59. The largest absolute Gasteiger partial charge is 0.468 e. The number of esters is 2. The molecule has 1 atom stereocenters. The van der Waals surface area contributed by atoms with Crippen molar-refractivity contribution in [2.75, 3.05) is 7.11 Å². The Balaban J connectivity index is 2.14. The van der Waals surface area contributed by atoms with Crippen LogP contribution < -0.4 is 0 Å². The van der Waals surface area contributed by atoms with Crippen LogP contribution in [0.3, 0.4) is 0 Å². The molecule has 1 aliphatic heterocycles. The molecule has 0 aromatic heterocycles. The van der Waals surface area contributed by atoms with Gasteiger partial charge in [-0.05, 0) is 50.1 Å². The second-order valence-electron chi connectivity index (χ2n) is 8.53. The molecule has 0 saturated heterocycles. The minimum Gasteiger partial charge on any atom is -0.468 e. The topological polar surface area (TPSA) is 90.0 Å². The van der Waals surface area contributed by atoms with Crippen LogP contribution in [0.2, 0.25) is 5.02 Å². The van der Waals surface area contributed by atoms with Gasteiger partial charge in [-0.25, -0.2) is 0 Å². The van der Waals surface area contributed by atoms with Crippen LogP contribution in [0.5, 0.6) is 0 Å². The van der Waals surface area contributed by atoms with Crippen molar-refractivity contribution in [3.63, 3.8) is 0 Å². The molecule has 0 spiro atoms. The lowest BCUT2D eigenvalue weighted by Gasteiger charge is -2.39. The van der Waals surface area contributed by atoms with E-state index in [9.17, 15) is 19.2 Å². The van der Waals surface area contributed by atoms with E-state index < -0.39 is 41.2 Å². The molecule has 1 aliphatic rings. The fourth-order valence-corrected chi connectivity index (χ4v) is 3.88. The van der Waals surface area contributed by atoms with E-state index in [2.05, 4.69) is 0 Å². The minimum atomic E-state index is -2.05. The molecule has 168 valence electrons. The molecule has 32 heavy (non-hydrogen) atoms. The van der Waals surface area contributed by atoms with Crippen molar-refractivity contribution in [1.82, 2.24) is 4.90 Å². The summed E-state index contributed by atoms with van der Waals surface area (Å²) in [6, 6.07) is 12.9. The summed E-state index contributed by atoms with van der Waals surface area (Å²) in [6.07, 6.45) is -0.600. The van der Waals surface area contributed by atoms with Gasteiger partial charge < -0.3 is 9.47 Å². The molecule has 8 heteroatoms. The molecule has 0 bridgehead atoms. The van der Waals surface area contributed by atoms with Gasteiger partial charge in [0, 0.05) is 10.6 Å². The first-order valence-electron chi connectivity index (χ1n) is 10.00. The molecule has 1 unspecified atom stereocenters. The number of ether oxygens (including phenoxy) is 2. The third-order valence-corrected chi connectivity index (χ3v) is 5.34. The van der Waals surface area contributed by atoms with E-state index in [1.807, 2.05) is 0 Å². The standard InChI is InChI=1S/C24H24ClNO6/c1-23(2,3)32-19(27)13-24(22(30)31-4)18-8-6-5-7-17(18)20(28)26(21(24)29)14-15-9-11-16(25)12-10-15/h5-12H,13-14H2,1-4H3. The molecule has 1 heterocycles. The molecule has 0 radical (unpaired) electrons. The quantitative estimate of drug-likeness (QED) is 0.386. The maximum absolute atomic E-state index is 13.8. The number of methoxy groups -OCH3 is 1. The summed E-state index contributed by atoms with van der Waals surface area (Å²) >= 11 is 5.93. The lowest BCUT2D eigenvalue weighted by atomic mass is 9.71. The Hall–Kier alpha value is -3.19. The van der Waals surface area contributed by atoms with Crippen molar-refractivity contribution in [2.45, 2.75) is 44.8 Å². The summed E-state index contributed by atoms with van der Waals surface area (Å²) < 4.78 is 10.4. The van der Waals surface area contributed by atoms with Crippen LogP contribution in [-0.2, 0) is 35.8 Å². The Bertz CT molecular complexity index is 1070. The molecule has 0 aliphatic carbocycles. The second-order valence-corrected chi connectivity index (χ2v) is 8.97. The summed E-state index contributed by atoms with van der Waals surface area (Å²) in [4.78, 5) is 53.8. The zero-order valence-corrected chi connectivity index (χ0v) is 19.1. The summed E-state index contributed by atoms with van der Waals surface area (Å²) in [5.74, 6) is -3.10. The van der Waals surface area contributed by atoms with Crippen molar-refractivity contribution >= 4 is 35.4 Å². The molecule has 0 fully saturated rings. The van der Waals surface area contributed by atoms with E-state index in [-0.39, 0.29) is 17.7 Å². The number of imide groups is 1. The predicted octanol–water partition coefficient (Wildman–Crippen LogP) is 3.67. The molecule has 2 amide bonds. The van der Waals surface area contributed by atoms with Gasteiger partial charge >= 0.3 is 11.9 Å². The predicted molar refractivity (Wildman–Crippen MR) is 117 cm³/mol. The fourth-order valence-electron chi connectivity index (χ4n) is 3.75. The van der Waals surface area contributed by atoms with Crippen molar-refractivity contribution < 1.29 is 28.7 Å². The van der Waals surface area contributed by atoms with Gasteiger partial charge in [0.1, 0.15) is 5.60 Å². The fraction of sp³-hybridized carbons (Fsp3) is 0.333. The third-order valence-electron chi connectivity index (χ3n) is 5.09. The number of nitrogens with zero attached hydrogens (tertiary/aromatic N) is 1.